The number of pyridine rings is 1. The molecule has 0 bridgehead atoms. The molecule has 0 fully saturated rings. The molecule has 7 nitrogen and oxygen atoms in total. The van der Waals surface area contributed by atoms with Gasteiger partial charge in [0.2, 0.25) is 5.69 Å². The van der Waals surface area contributed by atoms with Gasteiger partial charge in [-0.25, -0.2) is 4.98 Å². The molecule has 3 aromatic rings. The Labute approximate surface area is 230 Å². The third-order valence-corrected chi connectivity index (χ3v) is 8.50. The van der Waals surface area contributed by atoms with E-state index in [9.17, 15) is 22.6 Å². The second kappa shape index (κ2) is 11.1. The van der Waals surface area contributed by atoms with Crippen molar-refractivity contribution in [2.45, 2.75) is 72.1 Å². The Morgan fingerprint density at radius 1 is 0.923 bits per heavy atom. The second-order valence-electron chi connectivity index (χ2n) is 10.9. The molecule has 0 atom stereocenters. The number of hydrogen-bond donors (Lipinski definition) is 1. The van der Waals surface area contributed by atoms with Crippen LogP contribution in [0.2, 0.25) is 0 Å². The molecule has 0 unspecified atom stereocenters. The van der Waals surface area contributed by atoms with Gasteiger partial charge in [0, 0.05) is 37.8 Å². The molecule has 39 heavy (non-hydrogen) atoms. The van der Waals surface area contributed by atoms with E-state index in [0.717, 1.165) is 33.3 Å². The molecule has 1 aromatic heterocycles. The van der Waals surface area contributed by atoms with Crippen molar-refractivity contribution in [3.05, 3.63) is 59.4 Å². The summed E-state index contributed by atoms with van der Waals surface area (Å²) in [5.74, 6) is -0.406. The summed E-state index contributed by atoms with van der Waals surface area (Å²) in [5, 5.41) is 2.13. The number of nitrogens with zero attached hydrogens (tertiary/aromatic N) is 2. The van der Waals surface area contributed by atoms with Crippen molar-refractivity contribution in [1.82, 2.24) is 4.98 Å². The molecule has 8 heteroatoms. The predicted octanol–water partition coefficient (Wildman–Crippen LogP) is 6.54. The summed E-state index contributed by atoms with van der Waals surface area (Å²) in [5.41, 5.74) is 5.41. The molecular formula is C31H37N2O5S+. The van der Waals surface area contributed by atoms with Gasteiger partial charge in [-0.2, -0.15) is 13.0 Å². The van der Waals surface area contributed by atoms with Crippen molar-refractivity contribution < 1.29 is 27.1 Å². The number of benzene rings is 2. The number of rotatable bonds is 11. The minimum Gasteiger partial charge on any atom is -0.292 e. The van der Waals surface area contributed by atoms with Gasteiger partial charge in [-0.3, -0.25) is 14.1 Å². The number of aromatic nitrogens is 1. The van der Waals surface area contributed by atoms with E-state index in [1.807, 2.05) is 19.9 Å². The van der Waals surface area contributed by atoms with E-state index in [1.54, 1.807) is 12.1 Å². The zero-order valence-electron chi connectivity index (χ0n) is 23.4. The Balaban J connectivity index is 1.78. The topological polar surface area (TPSA) is 104 Å². The highest BCUT2D eigenvalue weighted by Crippen LogP contribution is 2.44. The number of carbonyl (C=O) groups excluding carboxylic acids is 2. The maximum atomic E-state index is 12.7. The van der Waals surface area contributed by atoms with Crippen LogP contribution in [0.1, 0.15) is 93.3 Å². The highest BCUT2D eigenvalue weighted by Gasteiger charge is 2.44. The van der Waals surface area contributed by atoms with Crippen LogP contribution in [0.25, 0.3) is 21.9 Å². The van der Waals surface area contributed by atoms with E-state index >= 15 is 0 Å². The zero-order valence-corrected chi connectivity index (χ0v) is 24.2. The first-order chi connectivity index (χ1) is 18.4. The number of hydrogen-bond acceptors (Lipinski definition) is 5. The smallest absolute Gasteiger partial charge is 0.265 e. The van der Waals surface area contributed by atoms with Crippen LogP contribution < -0.4 is 0 Å². The number of ketones is 2. The van der Waals surface area contributed by atoms with E-state index in [0.29, 0.717) is 50.0 Å². The predicted molar refractivity (Wildman–Crippen MR) is 155 cm³/mol. The van der Waals surface area contributed by atoms with Crippen LogP contribution in [0.15, 0.2) is 42.5 Å². The minimum absolute atomic E-state index is 0.0645. The number of Topliss-reactive ketones (excluding diaryl/α,β-unsaturated/α-hetero) is 2. The summed E-state index contributed by atoms with van der Waals surface area (Å²) in [4.78, 5) is 29.9. The fraction of sp³-hybridized carbons (Fsp3) is 0.419. The van der Waals surface area contributed by atoms with Crippen LogP contribution in [0, 0.1) is 0 Å². The van der Waals surface area contributed by atoms with Crippen molar-refractivity contribution in [2.24, 2.45) is 0 Å². The molecule has 0 saturated heterocycles. The van der Waals surface area contributed by atoms with Crippen molar-refractivity contribution >= 4 is 43.9 Å². The first-order valence-corrected chi connectivity index (χ1v) is 15.2. The lowest BCUT2D eigenvalue weighted by Gasteiger charge is -2.18. The average molecular weight is 550 g/mol. The Morgan fingerprint density at radius 3 is 2.10 bits per heavy atom. The SMILES string of the molecule is CCCC(=O)c1cc(-c2ccc3c4c(ccc3c2)[N+](CCCS(=O)(=O)O)=C(C)C4(C)C)cc(C(=O)CCC)n1. The quantitative estimate of drug-likeness (QED) is 0.165. The molecule has 0 radical (unpaired) electrons. The Morgan fingerprint density at radius 2 is 1.54 bits per heavy atom. The number of fused-ring (bicyclic) bond motifs is 3. The van der Waals surface area contributed by atoms with Crippen LogP contribution in [0.5, 0.6) is 0 Å². The molecule has 1 aliphatic rings. The van der Waals surface area contributed by atoms with Crippen LogP contribution in [0.4, 0.5) is 5.69 Å². The van der Waals surface area contributed by atoms with Gasteiger partial charge in [-0.15, -0.1) is 0 Å². The molecule has 2 aromatic carbocycles. The lowest BCUT2D eigenvalue weighted by atomic mass is 9.79. The van der Waals surface area contributed by atoms with E-state index in [1.165, 1.54) is 5.56 Å². The number of carbonyl (C=O) groups is 2. The summed E-state index contributed by atoms with van der Waals surface area (Å²) in [7, 11) is -4.01. The first kappa shape index (κ1) is 28.8. The molecule has 1 N–H and O–H groups in total. The summed E-state index contributed by atoms with van der Waals surface area (Å²) < 4.78 is 33.8. The summed E-state index contributed by atoms with van der Waals surface area (Å²) in [6.45, 7) is 10.8. The molecule has 0 saturated carbocycles. The fourth-order valence-corrected chi connectivity index (χ4v) is 5.96. The van der Waals surface area contributed by atoms with Crippen LogP contribution >= 0.6 is 0 Å². The van der Waals surface area contributed by atoms with Gasteiger partial charge in [0.05, 0.1) is 11.2 Å². The lowest BCUT2D eigenvalue weighted by molar-refractivity contribution is -0.438. The summed E-state index contributed by atoms with van der Waals surface area (Å²) in [6.07, 6.45) is 2.51. The average Bonchev–Trinajstić information content (AvgIpc) is 3.08. The lowest BCUT2D eigenvalue weighted by Crippen LogP contribution is -2.27. The Bertz CT molecular complexity index is 1570. The van der Waals surface area contributed by atoms with Crippen molar-refractivity contribution in [3.63, 3.8) is 0 Å². The maximum Gasteiger partial charge on any atom is 0.265 e. The molecule has 2 heterocycles. The Kier molecular flexibility index (Phi) is 8.19. The van der Waals surface area contributed by atoms with Crippen molar-refractivity contribution in [3.8, 4) is 11.1 Å². The molecule has 4 rings (SSSR count). The van der Waals surface area contributed by atoms with Gasteiger partial charge in [0.15, 0.2) is 17.3 Å². The van der Waals surface area contributed by atoms with E-state index in [4.69, 9.17) is 0 Å². The molecule has 0 amide bonds. The molecule has 206 valence electrons. The standard InChI is InChI=1S/C31H36N2O5S/c1-6-9-28(34)25-18-23(19-26(32-25)29(35)10-7-2)21-11-13-24-22(17-21)12-14-27-30(24)31(4,5)20(3)33(27)15-8-16-39(36,37)38/h11-14,17-19H,6-10,15-16H2,1-5H3/p+1. The van der Waals surface area contributed by atoms with Gasteiger partial charge >= 0.3 is 0 Å². The highest BCUT2D eigenvalue weighted by molar-refractivity contribution is 7.85. The maximum absolute atomic E-state index is 12.7. The van der Waals surface area contributed by atoms with Gasteiger partial charge < -0.3 is 0 Å². The monoisotopic (exact) mass is 549 g/mol. The van der Waals surface area contributed by atoms with Crippen LogP contribution in [0.3, 0.4) is 0 Å². The Hall–Kier alpha value is -3.23. The van der Waals surface area contributed by atoms with E-state index in [2.05, 4.69) is 54.6 Å². The highest BCUT2D eigenvalue weighted by atomic mass is 32.2. The van der Waals surface area contributed by atoms with Crippen LogP contribution in [-0.4, -0.2) is 52.1 Å². The molecule has 0 aliphatic carbocycles. The van der Waals surface area contributed by atoms with E-state index < -0.39 is 10.1 Å². The molecular weight excluding hydrogens is 512 g/mol. The van der Waals surface area contributed by atoms with Gasteiger partial charge in [0.25, 0.3) is 10.1 Å². The van der Waals surface area contributed by atoms with Gasteiger partial charge in [0.1, 0.15) is 17.9 Å². The van der Waals surface area contributed by atoms with Crippen LogP contribution in [-0.2, 0) is 15.5 Å². The molecule has 1 aliphatic heterocycles. The van der Waals surface area contributed by atoms with Crippen molar-refractivity contribution in [1.29, 1.82) is 0 Å². The second-order valence-corrected chi connectivity index (χ2v) is 12.4. The third kappa shape index (κ3) is 5.87. The fourth-order valence-electron chi connectivity index (χ4n) is 5.47. The third-order valence-electron chi connectivity index (χ3n) is 7.69. The zero-order chi connectivity index (χ0) is 28.5. The first-order valence-electron chi connectivity index (χ1n) is 13.6. The largest absolute Gasteiger partial charge is 0.292 e. The van der Waals surface area contributed by atoms with Gasteiger partial charge in [-0.05, 0) is 72.9 Å². The minimum atomic E-state index is -4.01. The van der Waals surface area contributed by atoms with Gasteiger partial charge in [-0.1, -0.05) is 26.0 Å². The normalized spacial score (nSPS) is 14.6. The summed E-state index contributed by atoms with van der Waals surface area (Å²) >= 11 is 0. The summed E-state index contributed by atoms with van der Waals surface area (Å²) in [6, 6.07) is 13.9. The van der Waals surface area contributed by atoms with E-state index in [-0.39, 0.29) is 22.7 Å². The molecule has 0 spiro atoms. The van der Waals surface area contributed by atoms with Crippen molar-refractivity contribution in [2.75, 3.05) is 12.3 Å².